The number of hydrogen-bond donors (Lipinski definition) is 1. The fourth-order valence-corrected chi connectivity index (χ4v) is 2.14. The first-order chi connectivity index (χ1) is 7.18. The van der Waals surface area contributed by atoms with E-state index in [4.69, 9.17) is 5.73 Å². The van der Waals surface area contributed by atoms with Crippen LogP contribution in [0.3, 0.4) is 0 Å². The molecule has 0 spiro atoms. The Kier molecular flexibility index (Phi) is 3.22. The zero-order valence-electron chi connectivity index (χ0n) is 8.34. The quantitative estimate of drug-likeness (QED) is 0.815. The molecule has 1 aromatic carbocycles. The summed E-state index contributed by atoms with van der Waals surface area (Å²) in [4.78, 5) is 0. The second-order valence-corrected chi connectivity index (χ2v) is 4.68. The predicted octanol–water partition coefficient (Wildman–Crippen LogP) is 3.70. The molecular weight excluding hydrogens is 257 g/mol. The van der Waals surface area contributed by atoms with Crippen molar-refractivity contribution in [3.05, 3.63) is 45.7 Å². The average molecular weight is 270 g/mol. The summed E-state index contributed by atoms with van der Waals surface area (Å²) >= 11 is 3.13. The number of nitrogens with two attached hydrogens (primary N) is 1. The summed E-state index contributed by atoms with van der Waals surface area (Å²) in [6.07, 6.45) is 5.48. The van der Waals surface area contributed by atoms with Gasteiger partial charge in [-0.15, -0.1) is 0 Å². The fourth-order valence-electron chi connectivity index (χ4n) is 1.90. The molecule has 1 unspecified atom stereocenters. The zero-order chi connectivity index (χ0) is 10.8. The van der Waals surface area contributed by atoms with E-state index in [-0.39, 0.29) is 11.9 Å². The molecule has 1 aromatic rings. The third-order valence-electron chi connectivity index (χ3n) is 2.78. The van der Waals surface area contributed by atoms with Crippen molar-refractivity contribution in [3.63, 3.8) is 0 Å². The number of rotatable bonds is 2. The smallest absolute Gasteiger partial charge is 0.137 e. The first-order valence-corrected chi connectivity index (χ1v) is 5.87. The van der Waals surface area contributed by atoms with Crippen molar-refractivity contribution in [2.75, 3.05) is 0 Å². The Hall–Kier alpha value is -0.670. The van der Waals surface area contributed by atoms with Crippen molar-refractivity contribution >= 4 is 15.9 Å². The van der Waals surface area contributed by atoms with Crippen molar-refractivity contribution in [1.29, 1.82) is 0 Å². The molecule has 80 valence electrons. The lowest BCUT2D eigenvalue weighted by molar-refractivity contribution is 0.616. The van der Waals surface area contributed by atoms with Gasteiger partial charge in [0.15, 0.2) is 0 Å². The zero-order valence-corrected chi connectivity index (χ0v) is 9.93. The normalized spacial score (nSPS) is 17.7. The Balaban J connectivity index is 2.25. The molecule has 0 saturated heterocycles. The lowest BCUT2D eigenvalue weighted by Gasteiger charge is -2.13. The van der Waals surface area contributed by atoms with E-state index in [0.717, 1.165) is 18.4 Å². The Bertz CT molecular complexity index is 401. The van der Waals surface area contributed by atoms with Crippen molar-refractivity contribution in [2.45, 2.75) is 25.3 Å². The van der Waals surface area contributed by atoms with Crippen LogP contribution < -0.4 is 5.73 Å². The monoisotopic (exact) mass is 269 g/mol. The highest BCUT2D eigenvalue weighted by Gasteiger charge is 2.15. The van der Waals surface area contributed by atoms with Crippen LogP contribution in [0.25, 0.3) is 0 Å². The van der Waals surface area contributed by atoms with Gasteiger partial charge in [-0.05, 0) is 52.9 Å². The maximum atomic E-state index is 13.3. The van der Waals surface area contributed by atoms with Crippen LogP contribution in [0.5, 0.6) is 0 Å². The Morgan fingerprint density at radius 3 is 2.80 bits per heavy atom. The van der Waals surface area contributed by atoms with E-state index in [1.807, 2.05) is 6.07 Å². The molecule has 2 rings (SSSR count). The molecule has 2 N–H and O–H groups in total. The van der Waals surface area contributed by atoms with Crippen LogP contribution in [0, 0.1) is 5.82 Å². The number of hydrogen-bond acceptors (Lipinski definition) is 1. The van der Waals surface area contributed by atoms with Gasteiger partial charge in [-0.25, -0.2) is 4.39 Å². The van der Waals surface area contributed by atoms with Crippen LogP contribution in [-0.2, 0) is 0 Å². The van der Waals surface area contributed by atoms with Crippen LogP contribution in [0.2, 0.25) is 0 Å². The molecule has 0 aliphatic heterocycles. The summed E-state index contributed by atoms with van der Waals surface area (Å²) in [7, 11) is 0. The van der Waals surface area contributed by atoms with Crippen LogP contribution >= 0.6 is 15.9 Å². The number of allylic oxidation sites excluding steroid dienone is 1. The highest BCUT2D eigenvalue weighted by Crippen LogP contribution is 2.30. The van der Waals surface area contributed by atoms with Gasteiger partial charge in [-0.1, -0.05) is 17.7 Å². The first-order valence-electron chi connectivity index (χ1n) is 5.08. The highest BCUT2D eigenvalue weighted by molar-refractivity contribution is 9.10. The maximum absolute atomic E-state index is 13.3. The topological polar surface area (TPSA) is 26.0 Å². The first kappa shape index (κ1) is 10.8. The largest absolute Gasteiger partial charge is 0.321 e. The minimum absolute atomic E-state index is 0.143. The predicted molar refractivity (Wildman–Crippen MR) is 63.0 cm³/mol. The minimum atomic E-state index is -0.249. The number of benzene rings is 1. The lowest BCUT2D eigenvalue weighted by atomic mass is 9.99. The molecule has 0 amide bonds. The number of halogens is 2. The SMILES string of the molecule is NC(C1=CCCC1)c1ccc(Br)c(F)c1. The van der Waals surface area contributed by atoms with E-state index in [9.17, 15) is 4.39 Å². The summed E-state index contributed by atoms with van der Waals surface area (Å²) in [6.45, 7) is 0. The third kappa shape index (κ3) is 2.29. The Labute approximate surface area is 97.3 Å². The summed E-state index contributed by atoms with van der Waals surface area (Å²) in [6, 6.07) is 4.94. The second-order valence-electron chi connectivity index (χ2n) is 3.82. The molecule has 15 heavy (non-hydrogen) atoms. The molecule has 3 heteroatoms. The fraction of sp³-hybridized carbons (Fsp3) is 0.333. The highest BCUT2D eigenvalue weighted by atomic mass is 79.9. The Morgan fingerprint density at radius 2 is 2.20 bits per heavy atom. The average Bonchev–Trinajstić information content (AvgIpc) is 2.74. The summed E-state index contributed by atoms with van der Waals surface area (Å²) in [5.41, 5.74) is 8.15. The van der Waals surface area contributed by atoms with E-state index in [1.54, 1.807) is 6.07 Å². The van der Waals surface area contributed by atoms with Crippen molar-refractivity contribution < 1.29 is 4.39 Å². The van der Waals surface area contributed by atoms with E-state index in [1.165, 1.54) is 18.1 Å². The van der Waals surface area contributed by atoms with Gasteiger partial charge in [0.05, 0.1) is 10.5 Å². The Morgan fingerprint density at radius 1 is 1.40 bits per heavy atom. The van der Waals surface area contributed by atoms with Crippen molar-refractivity contribution in [1.82, 2.24) is 0 Å². The molecule has 0 saturated carbocycles. The van der Waals surface area contributed by atoms with E-state index < -0.39 is 0 Å². The van der Waals surface area contributed by atoms with Crippen LogP contribution in [-0.4, -0.2) is 0 Å². The van der Waals surface area contributed by atoms with E-state index >= 15 is 0 Å². The minimum Gasteiger partial charge on any atom is -0.321 e. The molecule has 1 aliphatic rings. The molecule has 0 heterocycles. The summed E-state index contributed by atoms with van der Waals surface area (Å²) in [5, 5.41) is 0. The van der Waals surface area contributed by atoms with Gasteiger partial charge in [-0.3, -0.25) is 0 Å². The van der Waals surface area contributed by atoms with Gasteiger partial charge < -0.3 is 5.73 Å². The summed E-state index contributed by atoms with van der Waals surface area (Å²) in [5.74, 6) is -0.249. The lowest BCUT2D eigenvalue weighted by Crippen LogP contribution is -2.12. The molecule has 1 atom stereocenters. The molecule has 0 radical (unpaired) electrons. The standard InChI is InChI=1S/C12H13BrFN/c13-10-6-5-9(7-11(10)14)12(15)8-3-1-2-4-8/h3,5-7,12H,1-2,4,15H2. The van der Waals surface area contributed by atoms with Crippen molar-refractivity contribution in [2.24, 2.45) is 5.73 Å². The van der Waals surface area contributed by atoms with Crippen LogP contribution in [0.4, 0.5) is 4.39 Å². The van der Waals surface area contributed by atoms with Gasteiger partial charge >= 0.3 is 0 Å². The molecular formula is C12H13BrFN. The molecule has 0 bridgehead atoms. The van der Waals surface area contributed by atoms with Gasteiger partial charge in [0, 0.05) is 0 Å². The van der Waals surface area contributed by atoms with Gasteiger partial charge in [-0.2, -0.15) is 0 Å². The molecule has 1 aliphatic carbocycles. The summed E-state index contributed by atoms with van der Waals surface area (Å²) < 4.78 is 13.8. The third-order valence-corrected chi connectivity index (χ3v) is 3.42. The van der Waals surface area contributed by atoms with Crippen LogP contribution in [0.15, 0.2) is 34.3 Å². The van der Waals surface area contributed by atoms with E-state index in [0.29, 0.717) is 4.47 Å². The van der Waals surface area contributed by atoms with Crippen molar-refractivity contribution in [3.8, 4) is 0 Å². The van der Waals surface area contributed by atoms with Crippen LogP contribution in [0.1, 0.15) is 30.9 Å². The molecule has 0 aromatic heterocycles. The maximum Gasteiger partial charge on any atom is 0.137 e. The molecule has 0 fully saturated rings. The van der Waals surface area contributed by atoms with E-state index in [2.05, 4.69) is 22.0 Å². The van der Waals surface area contributed by atoms with Gasteiger partial charge in [0.1, 0.15) is 5.82 Å². The van der Waals surface area contributed by atoms with Gasteiger partial charge in [0.25, 0.3) is 0 Å². The van der Waals surface area contributed by atoms with Gasteiger partial charge in [0.2, 0.25) is 0 Å². The second kappa shape index (κ2) is 4.45. The molecule has 1 nitrogen and oxygen atoms in total.